The molecule has 0 spiro atoms. The second kappa shape index (κ2) is 3.67. The lowest BCUT2D eigenvalue weighted by Crippen LogP contribution is -2.10. The molecule has 0 fully saturated rings. The van der Waals surface area contributed by atoms with Crippen LogP contribution in [0, 0.1) is 6.92 Å². The predicted molar refractivity (Wildman–Crippen MR) is 63.5 cm³/mol. The first-order valence-electron chi connectivity index (χ1n) is 5.64. The number of nitrogens with one attached hydrogen (secondary N) is 1. The van der Waals surface area contributed by atoms with Gasteiger partial charge in [0.2, 0.25) is 0 Å². The zero-order valence-electron chi connectivity index (χ0n) is 9.29. The first-order valence-corrected chi connectivity index (χ1v) is 5.64. The molecule has 1 aromatic heterocycles. The average molecular weight is 214 g/mol. The molecule has 16 heavy (non-hydrogen) atoms. The monoisotopic (exact) mass is 214 g/mol. The molecular formula is C13H14N2O. The van der Waals surface area contributed by atoms with Crippen molar-refractivity contribution in [3.05, 3.63) is 35.6 Å². The number of aryl methyl sites for hydroxylation is 2. The molecule has 0 unspecified atom stereocenters. The largest absolute Gasteiger partial charge is 0.380 e. The van der Waals surface area contributed by atoms with E-state index in [2.05, 4.69) is 29.5 Å². The van der Waals surface area contributed by atoms with E-state index in [4.69, 9.17) is 4.52 Å². The number of hydrogen-bond acceptors (Lipinski definition) is 3. The minimum Gasteiger partial charge on any atom is -0.380 e. The number of nitrogens with zero attached hydrogens (tertiary/aromatic N) is 1. The summed E-state index contributed by atoms with van der Waals surface area (Å²) in [6, 6.07) is 8.26. The summed E-state index contributed by atoms with van der Waals surface area (Å²) >= 11 is 0. The highest BCUT2D eigenvalue weighted by atomic mass is 16.5. The lowest BCUT2D eigenvalue weighted by Gasteiger charge is -2.12. The molecule has 2 aromatic rings. The highest BCUT2D eigenvalue weighted by Crippen LogP contribution is 2.34. The van der Waals surface area contributed by atoms with Crippen LogP contribution in [0.5, 0.6) is 0 Å². The molecule has 1 N–H and O–H groups in total. The van der Waals surface area contributed by atoms with Crippen LogP contribution >= 0.6 is 0 Å². The number of benzene rings is 1. The Morgan fingerprint density at radius 2 is 2.19 bits per heavy atom. The Morgan fingerprint density at radius 1 is 1.31 bits per heavy atom. The van der Waals surface area contributed by atoms with E-state index >= 15 is 0 Å². The molecule has 0 saturated heterocycles. The van der Waals surface area contributed by atoms with E-state index in [1.807, 2.05) is 12.1 Å². The molecule has 1 aliphatic heterocycles. The molecule has 3 rings (SSSR count). The van der Waals surface area contributed by atoms with Crippen molar-refractivity contribution in [2.45, 2.75) is 19.8 Å². The van der Waals surface area contributed by atoms with Crippen LogP contribution < -0.4 is 5.32 Å². The fourth-order valence-corrected chi connectivity index (χ4v) is 2.16. The molecule has 1 aromatic carbocycles. The van der Waals surface area contributed by atoms with Gasteiger partial charge in [0.05, 0.1) is 0 Å². The van der Waals surface area contributed by atoms with Gasteiger partial charge in [0, 0.05) is 18.5 Å². The van der Waals surface area contributed by atoms with E-state index in [-0.39, 0.29) is 0 Å². The molecule has 0 radical (unpaired) electrons. The van der Waals surface area contributed by atoms with Gasteiger partial charge in [-0.05, 0) is 18.9 Å². The smallest absolute Gasteiger partial charge is 0.160 e. The van der Waals surface area contributed by atoms with Crippen molar-refractivity contribution in [1.82, 2.24) is 5.16 Å². The Kier molecular flexibility index (Phi) is 2.17. The van der Waals surface area contributed by atoms with Crippen molar-refractivity contribution in [1.29, 1.82) is 0 Å². The maximum absolute atomic E-state index is 5.38. The van der Waals surface area contributed by atoms with Crippen LogP contribution in [0.3, 0.4) is 0 Å². The normalized spacial score (nSPS) is 14.3. The summed E-state index contributed by atoms with van der Waals surface area (Å²) in [6.07, 6.45) is 2.11. The Morgan fingerprint density at radius 3 is 3.06 bits per heavy atom. The molecule has 2 heterocycles. The van der Waals surface area contributed by atoms with E-state index < -0.39 is 0 Å². The van der Waals surface area contributed by atoms with Crippen LogP contribution in [-0.4, -0.2) is 11.7 Å². The summed E-state index contributed by atoms with van der Waals surface area (Å²) in [5.41, 5.74) is 4.42. The zero-order valence-corrected chi connectivity index (χ0v) is 9.29. The highest BCUT2D eigenvalue weighted by Gasteiger charge is 2.20. The fourth-order valence-electron chi connectivity index (χ4n) is 2.16. The summed E-state index contributed by atoms with van der Waals surface area (Å²) in [5, 5.41) is 7.57. The highest BCUT2D eigenvalue weighted by molar-refractivity contribution is 5.77. The summed E-state index contributed by atoms with van der Waals surface area (Å²) < 4.78 is 5.38. The van der Waals surface area contributed by atoms with Gasteiger partial charge in [-0.3, -0.25) is 0 Å². The van der Waals surface area contributed by atoms with Crippen LogP contribution in [0.2, 0.25) is 0 Å². The molecule has 0 atom stereocenters. The summed E-state index contributed by atoms with van der Waals surface area (Å²) in [6.45, 7) is 3.10. The summed E-state index contributed by atoms with van der Waals surface area (Å²) in [7, 11) is 0. The van der Waals surface area contributed by atoms with Gasteiger partial charge in [-0.2, -0.15) is 0 Å². The molecule has 0 saturated carbocycles. The Bertz CT molecular complexity index is 516. The van der Waals surface area contributed by atoms with Crippen molar-refractivity contribution in [2.75, 3.05) is 11.9 Å². The van der Waals surface area contributed by atoms with E-state index in [1.54, 1.807) is 0 Å². The van der Waals surface area contributed by atoms with Gasteiger partial charge in [-0.1, -0.05) is 29.4 Å². The van der Waals surface area contributed by atoms with E-state index in [9.17, 15) is 0 Å². The van der Waals surface area contributed by atoms with E-state index in [0.29, 0.717) is 0 Å². The van der Waals surface area contributed by atoms with Crippen LogP contribution in [0.1, 0.15) is 17.7 Å². The van der Waals surface area contributed by atoms with Gasteiger partial charge >= 0.3 is 0 Å². The molecule has 0 aliphatic carbocycles. The van der Waals surface area contributed by atoms with Gasteiger partial charge in [0.25, 0.3) is 0 Å². The lowest BCUT2D eigenvalue weighted by atomic mass is 10.0. The molecule has 0 bridgehead atoms. The number of aromatic nitrogens is 1. The minimum atomic E-state index is 0.952. The van der Waals surface area contributed by atoms with Crippen molar-refractivity contribution in [2.24, 2.45) is 0 Å². The minimum absolute atomic E-state index is 0.952. The number of fused-ring (bicyclic) bond motifs is 1. The first kappa shape index (κ1) is 9.46. The first-order chi connectivity index (χ1) is 7.86. The molecule has 3 nitrogen and oxygen atoms in total. The predicted octanol–water partition coefficient (Wildman–Crippen LogP) is 3.01. The molecule has 3 heteroatoms. The summed E-state index contributed by atoms with van der Waals surface area (Å²) in [4.78, 5) is 0. The van der Waals surface area contributed by atoms with E-state index in [1.165, 1.54) is 5.56 Å². The number of hydrogen-bond donors (Lipinski definition) is 1. The van der Waals surface area contributed by atoms with Gasteiger partial charge in [0.1, 0.15) is 11.4 Å². The Balaban J connectivity index is 2.13. The van der Waals surface area contributed by atoms with Gasteiger partial charge in [-0.25, -0.2) is 0 Å². The van der Waals surface area contributed by atoms with Crippen LogP contribution in [-0.2, 0) is 6.42 Å². The third-order valence-electron chi connectivity index (χ3n) is 3.05. The van der Waals surface area contributed by atoms with Crippen molar-refractivity contribution < 1.29 is 4.52 Å². The van der Waals surface area contributed by atoms with Crippen LogP contribution in [0.25, 0.3) is 11.3 Å². The molecule has 0 amide bonds. The van der Waals surface area contributed by atoms with Crippen LogP contribution in [0.15, 0.2) is 28.8 Å². The van der Waals surface area contributed by atoms with Gasteiger partial charge < -0.3 is 9.84 Å². The molecular weight excluding hydrogens is 200 g/mol. The van der Waals surface area contributed by atoms with Gasteiger partial charge in [0.15, 0.2) is 5.76 Å². The maximum atomic E-state index is 5.38. The second-order valence-corrected chi connectivity index (χ2v) is 4.17. The van der Waals surface area contributed by atoms with Crippen molar-refractivity contribution in [3.63, 3.8) is 0 Å². The molecule has 82 valence electrons. The van der Waals surface area contributed by atoms with Crippen LogP contribution in [0.4, 0.5) is 5.69 Å². The maximum Gasteiger partial charge on any atom is 0.160 e. The lowest BCUT2D eigenvalue weighted by molar-refractivity contribution is 0.382. The second-order valence-electron chi connectivity index (χ2n) is 4.17. The number of anilines is 1. The topological polar surface area (TPSA) is 38.1 Å². The van der Waals surface area contributed by atoms with Gasteiger partial charge in [-0.15, -0.1) is 0 Å². The SMILES string of the molecule is Cc1ccccc1-c1noc2c1NCCC2. The standard InChI is InChI=1S/C13H14N2O/c1-9-5-2-3-6-10(9)12-13-11(16-15-12)7-4-8-14-13/h2-3,5-6,14H,4,7-8H2,1H3. The zero-order chi connectivity index (χ0) is 11.0. The third kappa shape index (κ3) is 1.40. The quantitative estimate of drug-likeness (QED) is 0.793. The van der Waals surface area contributed by atoms with Crippen molar-refractivity contribution >= 4 is 5.69 Å². The fraction of sp³-hybridized carbons (Fsp3) is 0.308. The van der Waals surface area contributed by atoms with E-state index in [0.717, 1.165) is 42.1 Å². The average Bonchev–Trinajstić information content (AvgIpc) is 2.74. The Hall–Kier alpha value is -1.77. The number of rotatable bonds is 1. The molecule has 1 aliphatic rings. The Labute approximate surface area is 94.5 Å². The van der Waals surface area contributed by atoms with Crippen molar-refractivity contribution in [3.8, 4) is 11.3 Å². The summed E-state index contributed by atoms with van der Waals surface area (Å²) in [5.74, 6) is 0.990. The third-order valence-corrected chi connectivity index (χ3v) is 3.05.